The Morgan fingerprint density at radius 3 is 2.44 bits per heavy atom. The number of rotatable bonds is 4. The molecule has 1 saturated heterocycles. The van der Waals surface area contributed by atoms with Crippen molar-refractivity contribution in [3.8, 4) is 11.1 Å². The molecule has 1 aromatic heterocycles. The number of aryl methyl sites for hydroxylation is 1. The molecule has 0 unspecified atom stereocenters. The van der Waals surface area contributed by atoms with Crippen molar-refractivity contribution in [3.05, 3.63) is 83.7 Å². The van der Waals surface area contributed by atoms with Crippen molar-refractivity contribution in [3.63, 3.8) is 0 Å². The summed E-state index contributed by atoms with van der Waals surface area (Å²) in [5, 5.41) is 0. The third-order valence-corrected chi connectivity index (χ3v) is 6.22. The van der Waals surface area contributed by atoms with Crippen LogP contribution in [0.1, 0.15) is 40.7 Å². The largest absolute Gasteiger partial charge is 0.438 e. The van der Waals surface area contributed by atoms with Gasteiger partial charge in [0.25, 0.3) is 5.91 Å². The topological polar surface area (TPSA) is 49.6 Å². The molecule has 4 aromatic rings. The van der Waals surface area contributed by atoms with E-state index >= 15 is 0 Å². The number of anilines is 1. The number of oxazole rings is 1. The number of benzene rings is 3. The van der Waals surface area contributed by atoms with Crippen molar-refractivity contribution in [1.82, 2.24) is 9.88 Å². The van der Waals surface area contributed by atoms with Gasteiger partial charge in [-0.25, -0.2) is 4.98 Å². The molecule has 0 aliphatic carbocycles. The molecular weight excluding hydrogens is 398 g/mol. The van der Waals surface area contributed by atoms with E-state index in [4.69, 9.17) is 9.40 Å². The molecule has 1 aliphatic heterocycles. The lowest BCUT2D eigenvalue weighted by Crippen LogP contribution is -2.30. The van der Waals surface area contributed by atoms with Crippen LogP contribution in [0.4, 0.5) is 5.69 Å². The minimum atomic E-state index is -0.126. The molecule has 0 saturated carbocycles. The quantitative estimate of drug-likeness (QED) is 0.412. The molecule has 1 amide bonds. The Kier molecular flexibility index (Phi) is 5.17. The number of likely N-dealkylation sites (tertiary alicyclic amines) is 1. The average molecular weight is 426 g/mol. The fraction of sp³-hybridized carbons (Fsp3) is 0.259. The zero-order valence-corrected chi connectivity index (χ0v) is 18.7. The van der Waals surface area contributed by atoms with E-state index < -0.39 is 0 Å². The van der Waals surface area contributed by atoms with Crippen molar-refractivity contribution < 1.29 is 9.21 Å². The van der Waals surface area contributed by atoms with Gasteiger partial charge < -0.3 is 14.2 Å². The number of carbonyl (C=O) groups excluding carboxylic acids is 1. The van der Waals surface area contributed by atoms with E-state index in [1.54, 1.807) is 0 Å². The second kappa shape index (κ2) is 8.15. The molecule has 1 atom stereocenters. The normalized spacial score (nSPS) is 16.0. The summed E-state index contributed by atoms with van der Waals surface area (Å²) in [6.07, 6.45) is 1.81. The van der Waals surface area contributed by atoms with Crippen LogP contribution < -0.4 is 4.90 Å². The summed E-state index contributed by atoms with van der Waals surface area (Å²) in [6, 6.07) is 22.2. The number of aromatic nitrogens is 1. The Morgan fingerprint density at radius 2 is 1.72 bits per heavy atom. The SMILES string of the molecule is Cc1ccc(C(=O)N2CCC[C@@H]2c2nc3cc(-c4ccc(N(C)C)cc4)ccc3o2)cc1. The van der Waals surface area contributed by atoms with E-state index in [0.29, 0.717) is 11.5 Å². The molecule has 0 radical (unpaired) electrons. The number of amides is 1. The van der Waals surface area contributed by atoms with Crippen LogP contribution in [0.3, 0.4) is 0 Å². The van der Waals surface area contributed by atoms with E-state index in [-0.39, 0.29) is 11.9 Å². The third-order valence-electron chi connectivity index (χ3n) is 6.22. The summed E-state index contributed by atoms with van der Waals surface area (Å²) in [7, 11) is 4.07. The first-order valence-electron chi connectivity index (χ1n) is 11.1. The molecule has 32 heavy (non-hydrogen) atoms. The Labute approximate surface area is 188 Å². The van der Waals surface area contributed by atoms with Gasteiger partial charge in [0.1, 0.15) is 11.6 Å². The maximum atomic E-state index is 13.1. The summed E-state index contributed by atoms with van der Waals surface area (Å²) in [4.78, 5) is 21.9. The summed E-state index contributed by atoms with van der Waals surface area (Å²) < 4.78 is 6.12. The summed E-state index contributed by atoms with van der Waals surface area (Å²) in [5.74, 6) is 0.662. The Hall–Kier alpha value is -3.60. The molecule has 3 aromatic carbocycles. The average Bonchev–Trinajstić information content (AvgIpc) is 3.45. The number of hydrogen-bond donors (Lipinski definition) is 0. The minimum Gasteiger partial charge on any atom is -0.438 e. The van der Waals surface area contributed by atoms with Gasteiger partial charge in [0.05, 0.1) is 0 Å². The lowest BCUT2D eigenvalue weighted by molar-refractivity contribution is 0.0717. The molecule has 5 nitrogen and oxygen atoms in total. The fourth-order valence-electron chi connectivity index (χ4n) is 4.35. The van der Waals surface area contributed by atoms with Crippen LogP contribution in [0, 0.1) is 6.92 Å². The molecular formula is C27H27N3O2. The monoisotopic (exact) mass is 425 g/mol. The van der Waals surface area contributed by atoms with Crippen LogP contribution in [-0.2, 0) is 0 Å². The Balaban J connectivity index is 1.42. The van der Waals surface area contributed by atoms with Crippen molar-refractivity contribution in [2.75, 3.05) is 25.5 Å². The maximum Gasteiger partial charge on any atom is 0.254 e. The summed E-state index contributed by atoms with van der Waals surface area (Å²) >= 11 is 0. The number of hydrogen-bond acceptors (Lipinski definition) is 4. The number of carbonyl (C=O) groups is 1. The van der Waals surface area contributed by atoms with Gasteiger partial charge in [-0.15, -0.1) is 0 Å². The van der Waals surface area contributed by atoms with Gasteiger partial charge in [0, 0.05) is 31.9 Å². The molecule has 5 heteroatoms. The smallest absolute Gasteiger partial charge is 0.254 e. The standard InChI is InChI=1S/C27H27N3O2/c1-18-6-8-20(9-7-18)27(31)30-16-4-5-24(30)26-28-23-17-21(12-15-25(23)32-26)19-10-13-22(14-11-19)29(2)3/h6-15,17,24H,4-5,16H2,1-3H3/t24-/m1/s1. The number of nitrogens with zero attached hydrogens (tertiary/aromatic N) is 3. The Morgan fingerprint density at radius 1 is 1.00 bits per heavy atom. The number of fused-ring (bicyclic) bond motifs is 1. The van der Waals surface area contributed by atoms with Crippen LogP contribution in [0.5, 0.6) is 0 Å². The van der Waals surface area contributed by atoms with Gasteiger partial charge in [0.15, 0.2) is 5.58 Å². The van der Waals surface area contributed by atoms with Crippen LogP contribution in [0.2, 0.25) is 0 Å². The second-order valence-electron chi connectivity index (χ2n) is 8.70. The van der Waals surface area contributed by atoms with Crippen LogP contribution in [0.15, 0.2) is 71.1 Å². The molecule has 1 fully saturated rings. The van der Waals surface area contributed by atoms with Gasteiger partial charge in [-0.1, -0.05) is 35.9 Å². The van der Waals surface area contributed by atoms with Crippen molar-refractivity contribution in [1.29, 1.82) is 0 Å². The lowest BCUT2D eigenvalue weighted by Gasteiger charge is -2.22. The van der Waals surface area contributed by atoms with E-state index in [0.717, 1.165) is 52.9 Å². The van der Waals surface area contributed by atoms with E-state index in [1.165, 1.54) is 0 Å². The molecule has 0 bridgehead atoms. The molecule has 162 valence electrons. The highest BCUT2D eigenvalue weighted by Gasteiger charge is 2.34. The molecule has 1 aliphatic rings. The molecule has 0 spiro atoms. The zero-order valence-electron chi connectivity index (χ0n) is 18.7. The first-order valence-corrected chi connectivity index (χ1v) is 11.1. The minimum absolute atomic E-state index is 0.0384. The summed E-state index contributed by atoms with van der Waals surface area (Å²) in [5.41, 5.74) is 6.83. The maximum absolute atomic E-state index is 13.1. The summed E-state index contributed by atoms with van der Waals surface area (Å²) in [6.45, 7) is 2.75. The third kappa shape index (κ3) is 3.75. The van der Waals surface area contributed by atoms with Crippen LogP contribution in [0.25, 0.3) is 22.2 Å². The molecule has 0 N–H and O–H groups in total. The highest BCUT2D eigenvalue weighted by atomic mass is 16.3. The van der Waals surface area contributed by atoms with Gasteiger partial charge in [-0.05, 0) is 67.3 Å². The Bertz CT molecular complexity index is 1260. The fourth-order valence-corrected chi connectivity index (χ4v) is 4.35. The van der Waals surface area contributed by atoms with Crippen molar-refractivity contribution >= 4 is 22.7 Å². The highest BCUT2D eigenvalue weighted by Crippen LogP contribution is 2.35. The van der Waals surface area contributed by atoms with Gasteiger partial charge in [-0.3, -0.25) is 4.79 Å². The van der Waals surface area contributed by atoms with E-state index in [1.807, 2.05) is 56.3 Å². The van der Waals surface area contributed by atoms with Crippen molar-refractivity contribution in [2.24, 2.45) is 0 Å². The predicted molar refractivity (Wildman–Crippen MR) is 128 cm³/mol. The first kappa shape index (κ1) is 20.3. The van der Waals surface area contributed by atoms with Gasteiger partial charge in [0.2, 0.25) is 5.89 Å². The first-order chi connectivity index (χ1) is 15.5. The van der Waals surface area contributed by atoms with E-state index in [9.17, 15) is 4.79 Å². The molecule has 5 rings (SSSR count). The van der Waals surface area contributed by atoms with Gasteiger partial charge >= 0.3 is 0 Å². The van der Waals surface area contributed by atoms with Crippen molar-refractivity contribution in [2.45, 2.75) is 25.8 Å². The lowest BCUT2D eigenvalue weighted by atomic mass is 10.0. The van der Waals surface area contributed by atoms with E-state index in [2.05, 4.69) is 41.3 Å². The van der Waals surface area contributed by atoms with Crippen LogP contribution in [-0.4, -0.2) is 36.4 Å². The zero-order chi connectivity index (χ0) is 22.2. The highest BCUT2D eigenvalue weighted by molar-refractivity contribution is 5.94. The van der Waals surface area contributed by atoms with Gasteiger partial charge in [-0.2, -0.15) is 0 Å². The molecule has 2 heterocycles. The predicted octanol–water partition coefficient (Wildman–Crippen LogP) is 5.85. The van der Waals surface area contributed by atoms with Crippen LogP contribution >= 0.6 is 0 Å². The second-order valence-corrected chi connectivity index (χ2v) is 8.70.